The van der Waals surface area contributed by atoms with E-state index in [0.29, 0.717) is 6.04 Å². The van der Waals surface area contributed by atoms with E-state index in [0.717, 1.165) is 12.0 Å². The fourth-order valence-electron chi connectivity index (χ4n) is 4.05. The molecular weight excluding hydrogens is 242 g/mol. The number of nitrogens with one attached hydrogen (secondary N) is 1. The molecule has 1 N–H and O–H groups in total. The van der Waals surface area contributed by atoms with Crippen molar-refractivity contribution in [2.75, 3.05) is 0 Å². The second-order valence-electron chi connectivity index (χ2n) is 6.90. The third kappa shape index (κ3) is 3.09. The van der Waals surface area contributed by atoms with Crippen molar-refractivity contribution in [2.24, 2.45) is 5.92 Å². The number of aryl methyl sites for hydroxylation is 2. The van der Waals surface area contributed by atoms with E-state index < -0.39 is 0 Å². The summed E-state index contributed by atoms with van der Waals surface area (Å²) in [4.78, 5) is 0. The molecule has 2 aliphatic rings. The number of benzene rings is 1. The molecular formula is C19H29N. The molecule has 2 aliphatic carbocycles. The van der Waals surface area contributed by atoms with Gasteiger partial charge < -0.3 is 5.32 Å². The van der Waals surface area contributed by atoms with E-state index in [4.69, 9.17) is 0 Å². The Hall–Kier alpha value is -0.820. The predicted octanol–water partition coefficient (Wildman–Crippen LogP) is 4.79. The highest BCUT2D eigenvalue weighted by molar-refractivity contribution is 5.36. The minimum atomic E-state index is 0.504. The standard InChI is InChI=1S/C19H29N/c1-3-15-7-11-19(12-8-15)20-14(2)17-10-9-16-5-4-6-18(16)13-17/h9-10,13-15,19-20H,3-8,11-12H2,1-2H3. The van der Waals surface area contributed by atoms with Gasteiger partial charge in [-0.25, -0.2) is 0 Å². The van der Waals surface area contributed by atoms with E-state index in [1.807, 2.05) is 0 Å². The van der Waals surface area contributed by atoms with Gasteiger partial charge in [-0.15, -0.1) is 0 Å². The highest BCUT2D eigenvalue weighted by atomic mass is 14.9. The SMILES string of the molecule is CCC1CCC(NC(C)c2ccc3c(c2)CCC3)CC1. The van der Waals surface area contributed by atoms with Crippen LogP contribution >= 0.6 is 0 Å². The Morgan fingerprint density at radius 3 is 2.60 bits per heavy atom. The fourth-order valence-corrected chi connectivity index (χ4v) is 4.05. The van der Waals surface area contributed by atoms with Crippen LogP contribution < -0.4 is 5.32 Å². The molecule has 0 amide bonds. The Balaban J connectivity index is 1.58. The average Bonchev–Trinajstić information content (AvgIpc) is 2.95. The summed E-state index contributed by atoms with van der Waals surface area (Å²) in [6.07, 6.45) is 10.9. The van der Waals surface area contributed by atoms with Gasteiger partial charge in [0.1, 0.15) is 0 Å². The van der Waals surface area contributed by atoms with Gasteiger partial charge in [-0.1, -0.05) is 31.5 Å². The molecule has 1 aromatic rings. The van der Waals surface area contributed by atoms with Crippen LogP contribution in [0.15, 0.2) is 18.2 Å². The zero-order chi connectivity index (χ0) is 13.9. The van der Waals surface area contributed by atoms with E-state index in [2.05, 4.69) is 37.4 Å². The lowest BCUT2D eigenvalue weighted by Crippen LogP contribution is -2.34. The molecule has 3 rings (SSSR count). The molecule has 0 heterocycles. The Morgan fingerprint density at radius 2 is 1.85 bits per heavy atom. The van der Waals surface area contributed by atoms with Crippen LogP contribution in [0, 0.1) is 5.92 Å². The molecule has 0 bridgehead atoms. The van der Waals surface area contributed by atoms with E-state index in [1.165, 1.54) is 56.9 Å². The molecule has 0 saturated heterocycles. The molecule has 1 fully saturated rings. The molecule has 1 atom stereocenters. The second-order valence-corrected chi connectivity index (χ2v) is 6.90. The molecule has 1 nitrogen and oxygen atoms in total. The average molecular weight is 271 g/mol. The summed E-state index contributed by atoms with van der Waals surface area (Å²) in [6, 6.07) is 8.41. The van der Waals surface area contributed by atoms with Crippen LogP contribution in [0.5, 0.6) is 0 Å². The van der Waals surface area contributed by atoms with E-state index in [1.54, 1.807) is 11.1 Å². The van der Waals surface area contributed by atoms with Gasteiger partial charge in [0.15, 0.2) is 0 Å². The molecule has 1 heteroatoms. The largest absolute Gasteiger partial charge is 0.307 e. The highest BCUT2D eigenvalue weighted by Crippen LogP contribution is 2.29. The molecule has 0 radical (unpaired) electrons. The summed E-state index contributed by atoms with van der Waals surface area (Å²) in [5, 5.41) is 3.87. The minimum absolute atomic E-state index is 0.504. The van der Waals surface area contributed by atoms with Crippen molar-refractivity contribution < 1.29 is 0 Å². The second kappa shape index (κ2) is 6.30. The summed E-state index contributed by atoms with van der Waals surface area (Å²) in [5.74, 6) is 0.989. The van der Waals surface area contributed by atoms with E-state index in [9.17, 15) is 0 Å². The first kappa shape index (κ1) is 14.1. The van der Waals surface area contributed by atoms with Gasteiger partial charge >= 0.3 is 0 Å². The maximum atomic E-state index is 3.87. The summed E-state index contributed by atoms with van der Waals surface area (Å²) < 4.78 is 0. The summed E-state index contributed by atoms with van der Waals surface area (Å²) in [6.45, 7) is 4.67. The monoisotopic (exact) mass is 271 g/mol. The van der Waals surface area contributed by atoms with Crippen molar-refractivity contribution in [1.29, 1.82) is 0 Å². The van der Waals surface area contributed by atoms with Crippen LogP contribution in [0.3, 0.4) is 0 Å². The molecule has 0 aromatic heterocycles. The summed E-state index contributed by atoms with van der Waals surface area (Å²) in [5.41, 5.74) is 4.68. The number of hydrogen-bond donors (Lipinski definition) is 1. The van der Waals surface area contributed by atoms with Crippen LogP contribution in [0.1, 0.15) is 75.1 Å². The van der Waals surface area contributed by atoms with E-state index >= 15 is 0 Å². The zero-order valence-electron chi connectivity index (χ0n) is 13.1. The van der Waals surface area contributed by atoms with Gasteiger partial charge in [-0.05, 0) is 74.5 Å². The third-order valence-electron chi connectivity index (χ3n) is 5.53. The maximum Gasteiger partial charge on any atom is 0.0294 e. The van der Waals surface area contributed by atoms with Crippen LogP contribution in [-0.2, 0) is 12.8 Å². The van der Waals surface area contributed by atoms with Crippen LogP contribution in [0.2, 0.25) is 0 Å². The number of hydrogen-bond acceptors (Lipinski definition) is 1. The van der Waals surface area contributed by atoms with Crippen molar-refractivity contribution in [3.8, 4) is 0 Å². The first-order chi connectivity index (χ1) is 9.76. The Morgan fingerprint density at radius 1 is 1.10 bits per heavy atom. The van der Waals surface area contributed by atoms with Crippen molar-refractivity contribution >= 4 is 0 Å². The molecule has 20 heavy (non-hydrogen) atoms. The lowest BCUT2D eigenvalue weighted by Gasteiger charge is -2.31. The van der Waals surface area contributed by atoms with Crippen molar-refractivity contribution in [3.05, 3.63) is 34.9 Å². The lowest BCUT2D eigenvalue weighted by molar-refractivity contribution is 0.273. The Kier molecular flexibility index (Phi) is 4.45. The topological polar surface area (TPSA) is 12.0 Å². The van der Waals surface area contributed by atoms with Crippen molar-refractivity contribution in [3.63, 3.8) is 0 Å². The first-order valence-corrected chi connectivity index (χ1v) is 8.64. The smallest absolute Gasteiger partial charge is 0.0294 e. The molecule has 1 saturated carbocycles. The quantitative estimate of drug-likeness (QED) is 0.830. The van der Waals surface area contributed by atoms with Crippen molar-refractivity contribution in [2.45, 2.75) is 77.3 Å². The predicted molar refractivity (Wildman–Crippen MR) is 86.1 cm³/mol. The number of rotatable bonds is 4. The van der Waals surface area contributed by atoms with Gasteiger partial charge in [0.2, 0.25) is 0 Å². The van der Waals surface area contributed by atoms with Crippen molar-refractivity contribution in [1.82, 2.24) is 5.32 Å². The van der Waals surface area contributed by atoms with Gasteiger partial charge in [0.25, 0.3) is 0 Å². The summed E-state index contributed by atoms with van der Waals surface area (Å²) in [7, 11) is 0. The summed E-state index contributed by atoms with van der Waals surface area (Å²) >= 11 is 0. The number of fused-ring (bicyclic) bond motifs is 1. The van der Waals surface area contributed by atoms with Gasteiger partial charge in [-0.2, -0.15) is 0 Å². The van der Waals surface area contributed by atoms with Gasteiger partial charge in [0.05, 0.1) is 0 Å². The van der Waals surface area contributed by atoms with Gasteiger partial charge in [0, 0.05) is 12.1 Å². The van der Waals surface area contributed by atoms with E-state index in [-0.39, 0.29) is 0 Å². The van der Waals surface area contributed by atoms with Crippen LogP contribution in [-0.4, -0.2) is 6.04 Å². The fraction of sp³-hybridized carbons (Fsp3) is 0.684. The lowest BCUT2D eigenvalue weighted by atomic mass is 9.84. The molecule has 0 aliphatic heterocycles. The minimum Gasteiger partial charge on any atom is -0.307 e. The highest BCUT2D eigenvalue weighted by Gasteiger charge is 2.22. The molecule has 1 unspecified atom stereocenters. The van der Waals surface area contributed by atoms with Crippen LogP contribution in [0.4, 0.5) is 0 Å². The Bertz CT molecular complexity index is 443. The zero-order valence-corrected chi connectivity index (χ0v) is 13.1. The normalized spacial score (nSPS) is 27.3. The first-order valence-electron chi connectivity index (χ1n) is 8.64. The maximum absolute atomic E-state index is 3.87. The van der Waals surface area contributed by atoms with Crippen LogP contribution in [0.25, 0.3) is 0 Å². The molecule has 0 spiro atoms. The third-order valence-corrected chi connectivity index (χ3v) is 5.53. The Labute approximate surface area is 124 Å². The molecule has 1 aromatic carbocycles. The van der Waals surface area contributed by atoms with Gasteiger partial charge in [-0.3, -0.25) is 0 Å². The molecule has 110 valence electrons.